The van der Waals surface area contributed by atoms with Gasteiger partial charge < -0.3 is 20.1 Å². The average Bonchev–Trinajstić information content (AvgIpc) is 2.37. The average molecular weight is 266 g/mol. The van der Waals surface area contributed by atoms with E-state index < -0.39 is 6.10 Å². The van der Waals surface area contributed by atoms with Crippen LogP contribution in [0.1, 0.15) is 5.56 Å². The number of nitrogens with zero attached hydrogens (tertiary/aromatic N) is 1. The number of nitrogens with one attached hydrogen (secondary N) is 1. The molecule has 0 radical (unpaired) electrons. The molecule has 1 rings (SSSR count). The molecule has 1 aromatic carbocycles. The van der Waals surface area contributed by atoms with Crippen LogP contribution in [0.3, 0.4) is 0 Å². The maximum absolute atomic E-state index is 11.3. The van der Waals surface area contributed by atoms with Crippen LogP contribution in [0.15, 0.2) is 24.3 Å². The Hall–Kier alpha value is -1.59. The van der Waals surface area contributed by atoms with Crippen LogP contribution in [0.25, 0.3) is 0 Å². The summed E-state index contributed by atoms with van der Waals surface area (Å²) in [5.41, 5.74) is 1.16. The molecule has 0 saturated carbocycles. The summed E-state index contributed by atoms with van der Waals surface area (Å²) in [6.45, 7) is 2.75. The third kappa shape index (κ3) is 6.22. The topological polar surface area (TPSA) is 61.8 Å². The van der Waals surface area contributed by atoms with E-state index in [1.807, 2.05) is 31.2 Å². The zero-order valence-electron chi connectivity index (χ0n) is 11.7. The number of carbonyl (C=O) groups excluding carboxylic acids is 1. The van der Waals surface area contributed by atoms with Gasteiger partial charge >= 0.3 is 0 Å². The minimum absolute atomic E-state index is 0.0216. The summed E-state index contributed by atoms with van der Waals surface area (Å²) in [4.78, 5) is 12.8. The van der Waals surface area contributed by atoms with Gasteiger partial charge in [0.25, 0.3) is 0 Å². The lowest BCUT2D eigenvalue weighted by Gasteiger charge is -2.15. The minimum Gasteiger partial charge on any atom is -0.491 e. The van der Waals surface area contributed by atoms with Gasteiger partial charge in [-0.2, -0.15) is 0 Å². The zero-order valence-corrected chi connectivity index (χ0v) is 11.7. The Morgan fingerprint density at radius 3 is 2.58 bits per heavy atom. The number of hydrogen-bond donors (Lipinski definition) is 2. The fourth-order valence-electron chi connectivity index (χ4n) is 1.39. The van der Waals surface area contributed by atoms with Gasteiger partial charge in [0.1, 0.15) is 18.5 Å². The van der Waals surface area contributed by atoms with Crippen molar-refractivity contribution in [1.29, 1.82) is 0 Å². The van der Waals surface area contributed by atoms with E-state index in [1.54, 1.807) is 14.1 Å². The van der Waals surface area contributed by atoms with Crippen molar-refractivity contribution in [1.82, 2.24) is 10.2 Å². The second-order valence-corrected chi connectivity index (χ2v) is 4.70. The number of aliphatic hydroxyl groups is 1. The largest absolute Gasteiger partial charge is 0.491 e. The SMILES string of the molecule is Cc1ccc(OCC(O)CNCC(=O)N(C)C)cc1. The molecule has 1 aromatic rings. The van der Waals surface area contributed by atoms with Crippen LogP contribution >= 0.6 is 0 Å². The first-order valence-corrected chi connectivity index (χ1v) is 6.27. The fourth-order valence-corrected chi connectivity index (χ4v) is 1.39. The molecule has 1 amide bonds. The predicted octanol–water partition coefficient (Wildman–Crippen LogP) is 0.413. The van der Waals surface area contributed by atoms with Crippen LogP contribution in [0.4, 0.5) is 0 Å². The monoisotopic (exact) mass is 266 g/mol. The Morgan fingerprint density at radius 2 is 2.00 bits per heavy atom. The number of ether oxygens (including phenoxy) is 1. The van der Waals surface area contributed by atoms with Gasteiger partial charge in [0.05, 0.1) is 6.54 Å². The molecular formula is C14H22N2O3. The third-order valence-corrected chi connectivity index (χ3v) is 2.62. The van der Waals surface area contributed by atoms with E-state index in [9.17, 15) is 9.90 Å². The van der Waals surface area contributed by atoms with Gasteiger partial charge in [0, 0.05) is 20.6 Å². The standard InChI is InChI=1S/C14H22N2O3/c1-11-4-6-13(7-5-11)19-10-12(17)8-15-9-14(18)16(2)3/h4-7,12,15,17H,8-10H2,1-3H3. The van der Waals surface area contributed by atoms with Gasteiger partial charge in [-0.3, -0.25) is 4.79 Å². The summed E-state index contributed by atoms with van der Waals surface area (Å²) < 4.78 is 5.44. The maximum atomic E-state index is 11.3. The predicted molar refractivity (Wildman–Crippen MR) is 74.2 cm³/mol. The molecule has 0 fully saturated rings. The van der Waals surface area contributed by atoms with Crippen LogP contribution in [0, 0.1) is 6.92 Å². The highest BCUT2D eigenvalue weighted by molar-refractivity contribution is 5.77. The van der Waals surface area contributed by atoms with Crippen molar-refractivity contribution < 1.29 is 14.6 Å². The molecule has 1 atom stereocenters. The highest BCUT2D eigenvalue weighted by atomic mass is 16.5. The Morgan fingerprint density at radius 1 is 1.37 bits per heavy atom. The first kappa shape index (κ1) is 15.5. The molecule has 0 bridgehead atoms. The Bertz CT molecular complexity index is 390. The number of hydrogen-bond acceptors (Lipinski definition) is 4. The molecule has 106 valence electrons. The molecular weight excluding hydrogens is 244 g/mol. The second-order valence-electron chi connectivity index (χ2n) is 4.70. The molecule has 0 heterocycles. The lowest BCUT2D eigenvalue weighted by molar-refractivity contribution is -0.127. The Balaban J connectivity index is 2.19. The number of aryl methyl sites for hydroxylation is 1. The Labute approximate surface area is 114 Å². The van der Waals surface area contributed by atoms with Gasteiger partial charge in [-0.05, 0) is 19.1 Å². The third-order valence-electron chi connectivity index (χ3n) is 2.62. The highest BCUT2D eigenvalue weighted by Crippen LogP contribution is 2.11. The molecule has 0 aliphatic carbocycles. The molecule has 0 aliphatic heterocycles. The number of amides is 1. The lowest BCUT2D eigenvalue weighted by atomic mass is 10.2. The summed E-state index contributed by atoms with van der Waals surface area (Å²) in [5, 5.41) is 12.6. The van der Waals surface area contributed by atoms with Gasteiger partial charge in [-0.15, -0.1) is 0 Å². The van der Waals surface area contributed by atoms with Crippen molar-refractivity contribution in [3.63, 3.8) is 0 Å². The minimum atomic E-state index is -0.642. The summed E-state index contributed by atoms with van der Waals surface area (Å²) in [7, 11) is 3.39. The fraction of sp³-hybridized carbons (Fsp3) is 0.500. The molecule has 5 heteroatoms. The Kier molecular flexibility index (Phi) is 6.32. The van der Waals surface area contributed by atoms with Crippen molar-refractivity contribution in [3.8, 4) is 5.75 Å². The van der Waals surface area contributed by atoms with Crippen molar-refractivity contribution in [3.05, 3.63) is 29.8 Å². The van der Waals surface area contributed by atoms with Gasteiger partial charge in [0.2, 0.25) is 5.91 Å². The van der Waals surface area contributed by atoms with E-state index >= 15 is 0 Å². The molecule has 2 N–H and O–H groups in total. The number of carbonyl (C=O) groups is 1. The van der Waals surface area contributed by atoms with Gasteiger partial charge in [0.15, 0.2) is 0 Å². The number of benzene rings is 1. The van der Waals surface area contributed by atoms with Crippen molar-refractivity contribution in [2.75, 3.05) is 33.8 Å². The highest BCUT2D eigenvalue weighted by Gasteiger charge is 2.07. The van der Waals surface area contributed by atoms with E-state index in [2.05, 4.69) is 5.32 Å². The van der Waals surface area contributed by atoms with Crippen LogP contribution in [0.5, 0.6) is 5.75 Å². The number of rotatable bonds is 7. The van der Waals surface area contributed by atoms with Gasteiger partial charge in [-0.1, -0.05) is 17.7 Å². The zero-order chi connectivity index (χ0) is 14.3. The summed E-state index contributed by atoms with van der Waals surface area (Å²) in [6.07, 6.45) is -0.642. The van der Waals surface area contributed by atoms with E-state index in [1.165, 1.54) is 4.90 Å². The van der Waals surface area contributed by atoms with E-state index in [0.29, 0.717) is 6.54 Å². The van der Waals surface area contributed by atoms with E-state index in [-0.39, 0.29) is 19.1 Å². The molecule has 0 spiro atoms. The van der Waals surface area contributed by atoms with Gasteiger partial charge in [-0.25, -0.2) is 0 Å². The van der Waals surface area contributed by atoms with Crippen molar-refractivity contribution in [2.24, 2.45) is 0 Å². The summed E-state index contributed by atoms with van der Waals surface area (Å²) in [6, 6.07) is 7.64. The van der Waals surface area contributed by atoms with E-state index in [0.717, 1.165) is 11.3 Å². The first-order chi connectivity index (χ1) is 8.99. The summed E-state index contributed by atoms with van der Waals surface area (Å²) in [5.74, 6) is 0.709. The van der Waals surface area contributed by atoms with Crippen LogP contribution in [0.2, 0.25) is 0 Å². The van der Waals surface area contributed by atoms with Crippen molar-refractivity contribution in [2.45, 2.75) is 13.0 Å². The van der Waals surface area contributed by atoms with Crippen LogP contribution in [-0.2, 0) is 4.79 Å². The van der Waals surface area contributed by atoms with E-state index in [4.69, 9.17) is 4.74 Å². The lowest BCUT2D eigenvalue weighted by Crippen LogP contribution is -2.38. The van der Waals surface area contributed by atoms with Crippen molar-refractivity contribution >= 4 is 5.91 Å². The van der Waals surface area contributed by atoms with Crippen LogP contribution < -0.4 is 10.1 Å². The normalized spacial score (nSPS) is 12.0. The second kappa shape index (κ2) is 7.76. The van der Waals surface area contributed by atoms with Crippen LogP contribution in [-0.4, -0.2) is 55.8 Å². The quantitative estimate of drug-likeness (QED) is 0.750. The molecule has 0 aromatic heterocycles. The number of aliphatic hydroxyl groups excluding tert-OH is 1. The molecule has 19 heavy (non-hydrogen) atoms. The first-order valence-electron chi connectivity index (χ1n) is 6.27. The maximum Gasteiger partial charge on any atom is 0.236 e. The molecule has 0 saturated heterocycles. The molecule has 1 unspecified atom stereocenters. The molecule has 5 nitrogen and oxygen atoms in total. The molecule has 0 aliphatic rings. The summed E-state index contributed by atoms with van der Waals surface area (Å²) >= 11 is 0. The number of likely N-dealkylation sites (N-methyl/N-ethyl adjacent to an activating group) is 1. The smallest absolute Gasteiger partial charge is 0.236 e.